The summed E-state index contributed by atoms with van der Waals surface area (Å²) in [6.45, 7) is 3.81. The highest BCUT2D eigenvalue weighted by Crippen LogP contribution is 2.38. The molecule has 37 heavy (non-hydrogen) atoms. The zero-order valence-corrected chi connectivity index (χ0v) is 20.4. The summed E-state index contributed by atoms with van der Waals surface area (Å²) in [6, 6.07) is 9.77. The van der Waals surface area contributed by atoms with Gasteiger partial charge in [-0.1, -0.05) is 18.2 Å². The maximum atomic E-state index is 14.6. The molecule has 5 rings (SSSR count). The summed E-state index contributed by atoms with van der Waals surface area (Å²) in [7, 11) is 3.14. The molecule has 188 valence electrons. The number of aromatic amines is 1. The van der Waals surface area contributed by atoms with Crippen LogP contribution in [-0.2, 0) is 14.1 Å². The zero-order valence-electron chi connectivity index (χ0n) is 20.4. The summed E-state index contributed by atoms with van der Waals surface area (Å²) in [4.78, 5) is 28.5. The van der Waals surface area contributed by atoms with E-state index in [4.69, 9.17) is 4.74 Å². The molecule has 2 aromatic carbocycles. The quantitative estimate of drug-likeness (QED) is 0.318. The van der Waals surface area contributed by atoms with Crippen molar-refractivity contribution in [1.29, 1.82) is 0 Å². The van der Waals surface area contributed by atoms with Crippen LogP contribution in [0.5, 0.6) is 11.5 Å². The molecule has 0 bridgehead atoms. The second kappa shape index (κ2) is 8.85. The molecule has 5 aromatic rings. The van der Waals surface area contributed by atoms with Gasteiger partial charge >= 0.3 is 0 Å². The molecule has 0 aliphatic rings. The predicted octanol–water partition coefficient (Wildman–Crippen LogP) is 5.73. The lowest BCUT2D eigenvalue weighted by atomic mass is 10.0. The number of para-hydroxylation sites is 1. The number of hydrogen-bond acceptors (Lipinski definition) is 3. The van der Waals surface area contributed by atoms with Crippen molar-refractivity contribution in [3.8, 4) is 33.9 Å². The van der Waals surface area contributed by atoms with Crippen molar-refractivity contribution in [2.24, 2.45) is 14.1 Å². The molecular weight excluding hydrogens is 483 g/mol. The van der Waals surface area contributed by atoms with Crippen molar-refractivity contribution in [2.45, 2.75) is 13.8 Å². The topological polar surface area (TPSA) is 69.0 Å². The Morgan fingerprint density at radius 1 is 0.784 bits per heavy atom. The van der Waals surface area contributed by atoms with Gasteiger partial charge in [0.15, 0.2) is 17.4 Å². The Balaban J connectivity index is 1.78. The molecule has 0 aliphatic carbocycles. The van der Waals surface area contributed by atoms with Gasteiger partial charge in [-0.25, -0.2) is 13.2 Å². The number of benzene rings is 2. The van der Waals surface area contributed by atoms with Gasteiger partial charge in [0.2, 0.25) is 0 Å². The van der Waals surface area contributed by atoms with E-state index in [-0.39, 0.29) is 22.3 Å². The summed E-state index contributed by atoms with van der Waals surface area (Å²) in [5, 5.41) is 0.363. The fourth-order valence-electron chi connectivity index (χ4n) is 4.39. The van der Waals surface area contributed by atoms with Crippen LogP contribution in [0.15, 0.2) is 64.4 Å². The molecule has 3 heterocycles. The second-order valence-electron chi connectivity index (χ2n) is 9.00. The minimum Gasteiger partial charge on any atom is -0.455 e. The number of ether oxygens (including phenoxy) is 1. The van der Waals surface area contributed by atoms with Crippen LogP contribution in [0.4, 0.5) is 13.2 Å². The first kappa shape index (κ1) is 24.2. The van der Waals surface area contributed by atoms with Gasteiger partial charge in [-0.2, -0.15) is 0 Å². The molecule has 0 saturated heterocycles. The summed E-state index contributed by atoms with van der Waals surface area (Å²) in [5.74, 6) is -2.54. The van der Waals surface area contributed by atoms with E-state index in [2.05, 4.69) is 4.98 Å². The summed E-state index contributed by atoms with van der Waals surface area (Å²) in [5.41, 5.74) is 1.87. The van der Waals surface area contributed by atoms with E-state index in [1.807, 2.05) is 32.0 Å². The largest absolute Gasteiger partial charge is 0.455 e. The number of H-pyrrole nitrogens is 1. The van der Waals surface area contributed by atoms with Crippen molar-refractivity contribution < 1.29 is 17.9 Å². The van der Waals surface area contributed by atoms with Crippen molar-refractivity contribution >= 4 is 10.9 Å². The van der Waals surface area contributed by atoms with Gasteiger partial charge in [0.25, 0.3) is 11.1 Å². The van der Waals surface area contributed by atoms with Crippen LogP contribution in [0.3, 0.4) is 0 Å². The number of nitrogens with one attached hydrogen (secondary N) is 1. The fourth-order valence-corrected chi connectivity index (χ4v) is 4.39. The molecule has 0 aliphatic heterocycles. The Morgan fingerprint density at radius 3 is 2.16 bits per heavy atom. The molecule has 0 unspecified atom stereocenters. The Kier molecular flexibility index (Phi) is 5.78. The smallest absolute Gasteiger partial charge is 0.274 e. The van der Waals surface area contributed by atoms with Gasteiger partial charge < -0.3 is 18.9 Å². The Bertz CT molecular complexity index is 1810. The third-order valence-electron chi connectivity index (χ3n) is 6.37. The average Bonchev–Trinajstić information content (AvgIpc) is 3.29. The van der Waals surface area contributed by atoms with E-state index in [9.17, 15) is 22.8 Å². The third-order valence-corrected chi connectivity index (χ3v) is 6.37. The highest BCUT2D eigenvalue weighted by atomic mass is 19.2. The number of rotatable bonds is 4. The third kappa shape index (κ3) is 4.12. The summed E-state index contributed by atoms with van der Waals surface area (Å²) < 4.78 is 51.0. The number of pyridine rings is 2. The van der Waals surface area contributed by atoms with Gasteiger partial charge in [-0.3, -0.25) is 9.59 Å². The van der Waals surface area contributed by atoms with E-state index in [0.717, 1.165) is 17.2 Å². The number of fused-ring (bicyclic) bond motifs is 1. The highest BCUT2D eigenvalue weighted by Gasteiger charge is 2.21. The lowest BCUT2D eigenvalue weighted by Gasteiger charge is -2.17. The molecule has 3 aromatic heterocycles. The van der Waals surface area contributed by atoms with Crippen LogP contribution in [-0.4, -0.2) is 14.1 Å². The van der Waals surface area contributed by atoms with Crippen molar-refractivity contribution in [1.82, 2.24) is 14.1 Å². The number of aryl methyl sites for hydroxylation is 4. The maximum Gasteiger partial charge on any atom is 0.274 e. The Hall–Kier alpha value is -4.53. The van der Waals surface area contributed by atoms with Gasteiger partial charge in [-0.15, -0.1) is 0 Å². The second-order valence-corrected chi connectivity index (χ2v) is 9.00. The zero-order chi connectivity index (χ0) is 26.6. The molecule has 0 saturated carbocycles. The van der Waals surface area contributed by atoms with Crippen LogP contribution >= 0.6 is 0 Å². The van der Waals surface area contributed by atoms with Crippen molar-refractivity contribution in [3.63, 3.8) is 0 Å². The SMILES string of the molecule is Cc1cccc(C)c1Oc1cn(C)c(=O)cc1-c1cn(C)c(=O)c2[nH]c(-c3cc(F)c(F)cc3F)cc12. The molecule has 9 heteroatoms. The van der Waals surface area contributed by atoms with E-state index in [1.165, 1.54) is 28.3 Å². The highest BCUT2D eigenvalue weighted by molar-refractivity contribution is 5.98. The van der Waals surface area contributed by atoms with Crippen LogP contribution in [0.1, 0.15) is 11.1 Å². The standard InChI is InChI=1S/C28H22F3N3O3/c1-14-6-5-7-15(2)27(14)37-24-13-33(3)25(35)10-16(24)19-12-34(4)28(36)26-17(19)9-23(32-26)18-8-21(30)22(31)11-20(18)29/h5-13,32H,1-4H3. The van der Waals surface area contributed by atoms with E-state index in [1.54, 1.807) is 19.4 Å². The van der Waals surface area contributed by atoms with Crippen LogP contribution in [0.25, 0.3) is 33.3 Å². The van der Waals surface area contributed by atoms with Crippen molar-refractivity contribution in [2.75, 3.05) is 0 Å². The molecule has 1 N–H and O–H groups in total. The number of nitrogens with zero attached hydrogens (tertiary/aromatic N) is 2. The van der Waals surface area contributed by atoms with E-state index in [0.29, 0.717) is 34.1 Å². The summed E-state index contributed by atoms with van der Waals surface area (Å²) in [6.07, 6.45) is 3.11. The first-order valence-corrected chi connectivity index (χ1v) is 11.4. The molecular formula is C28H22F3N3O3. The number of halogens is 3. The minimum absolute atomic E-state index is 0.0806. The molecule has 0 atom stereocenters. The first-order valence-electron chi connectivity index (χ1n) is 11.4. The molecule has 0 fully saturated rings. The number of hydrogen-bond donors (Lipinski definition) is 1. The fraction of sp³-hybridized carbons (Fsp3) is 0.143. The van der Waals surface area contributed by atoms with Crippen LogP contribution in [0.2, 0.25) is 0 Å². The minimum atomic E-state index is -1.32. The predicted molar refractivity (Wildman–Crippen MR) is 136 cm³/mol. The lowest BCUT2D eigenvalue weighted by Crippen LogP contribution is -2.18. The normalized spacial score (nSPS) is 11.3. The van der Waals surface area contributed by atoms with Crippen LogP contribution < -0.4 is 15.9 Å². The average molecular weight is 505 g/mol. The van der Waals surface area contributed by atoms with Crippen LogP contribution in [0, 0.1) is 31.3 Å². The summed E-state index contributed by atoms with van der Waals surface area (Å²) >= 11 is 0. The molecule has 0 amide bonds. The van der Waals surface area contributed by atoms with E-state index < -0.39 is 23.0 Å². The van der Waals surface area contributed by atoms with E-state index >= 15 is 0 Å². The monoisotopic (exact) mass is 505 g/mol. The molecule has 0 radical (unpaired) electrons. The van der Waals surface area contributed by atoms with Gasteiger partial charge in [0, 0.05) is 60.2 Å². The lowest BCUT2D eigenvalue weighted by molar-refractivity contribution is 0.470. The Morgan fingerprint density at radius 2 is 1.46 bits per heavy atom. The number of aromatic nitrogens is 3. The Labute approximate surface area is 209 Å². The first-order chi connectivity index (χ1) is 17.5. The van der Waals surface area contributed by atoms with Gasteiger partial charge in [-0.05, 0) is 37.1 Å². The maximum absolute atomic E-state index is 14.6. The van der Waals surface area contributed by atoms with Crippen molar-refractivity contribution in [3.05, 3.63) is 104 Å². The van der Waals surface area contributed by atoms with Gasteiger partial charge in [0.05, 0.1) is 6.20 Å². The van der Waals surface area contributed by atoms with Gasteiger partial charge in [0.1, 0.15) is 17.1 Å². The molecule has 6 nitrogen and oxygen atoms in total. The molecule has 0 spiro atoms.